The molecule has 0 aromatic heterocycles. The summed E-state index contributed by atoms with van der Waals surface area (Å²) in [5.41, 5.74) is 2.86. The van der Waals surface area contributed by atoms with Crippen molar-refractivity contribution in [2.75, 3.05) is 6.61 Å². The molecule has 0 fully saturated rings. The van der Waals surface area contributed by atoms with Gasteiger partial charge in [-0.25, -0.2) is 0 Å². The van der Waals surface area contributed by atoms with E-state index in [4.69, 9.17) is 0 Å². The Morgan fingerprint density at radius 2 is 1.50 bits per heavy atom. The number of hydrogen-bond acceptors (Lipinski definition) is 1. The van der Waals surface area contributed by atoms with Crippen LogP contribution >= 0.6 is 0 Å². The van der Waals surface area contributed by atoms with Crippen LogP contribution < -0.4 is 0 Å². The van der Waals surface area contributed by atoms with E-state index < -0.39 is 0 Å². The summed E-state index contributed by atoms with van der Waals surface area (Å²) in [6, 6.07) is 8.84. The minimum Gasteiger partial charge on any atom is -0.396 e. The molecule has 1 nitrogen and oxygen atoms in total. The van der Waals surface area contributed by atoms with Gasteiger partial charge in [0, 0.05) is 6.61 Å². The molecule has 0 amide bonds. The normalized spacial score (nSPS) is 15.8. The summed E-state index contributed by atoms with van der Waals surface area (Å²) in [4.78, 5) is 0. The number of rotatable bonds is 4. The van der Waals surface area contributed by atoms with Crippen molar-refractivity contribution in [2.45, 2.75) is 53.4 Å². The number of aliphatic hydroxyl groups excluding tert-OH is 1. The van der Waals surface area contributed by atoms with Crippen LogP contribution in [0.1, 0.15) is 52.7 Å². The molecule has 0 aliphatic rings. The van der Waals surface area contributed by atoms with E-state index in [1.54, 1.807) is 0 Å². The first-order valence-electron chi connectivity index (χ1n) is 6.89. The molecule has 0 bridgehead atoms. The summed E-state index contributed by atoms with van der Waals surface area (Å²) in [5, 5.41) is 9.60. The standard InChI is InChI=1S/C17H28O/c1-13(2)17(6,12-18)11-14-7-9-15(10-8-14)16(3,4)5/h7-10,13,18H,11-12H2,1-6H3. The molecule has 0 spiro atoms. The topological polar surface area (TPSA) is 20.2 Å². The summed E-state index contributed by atoms with van der Waals surface area (Å²) in [7, 11) is 0. The fourth-order valence-electron chi connectivity index (χ4n) is 2.03. The van der Waals surface area contributed by atoms with Crippen LogP contribution in [0, 0.1) is 11.3 Å². The molecule has 0 radical (unpaired) electrons. The average Bonchev–Trinajstić information content (AvgIpc) is 2.28. The molecule has 0 heterocycles. The zero-order valence-electron chi connectivity index (χ0n) is 12.7. The Morgan fingerprint density at radius 1 is 1.00 bits per heavy atom. The number of benzene rings is 1. The van der Waals surface area contributed by atoms with Gasteiger partial charge in [-0.15, -0.1) is 0 Å². The molecule has 1 unspecified atom stereocenters. The fourth-order valence-corrected chi connectivity index (χ4v) is 2.03. The van der Waals surface area contributed by atoms with Crippen molar-refractivity contribution in [1.82, 2.24) is 0 Å². The van der Waals surface area contributed by atoms with Gasteiger partial charge < -0.3 is 5.11 Å². The maximum absolute atomic E-state index is 9.60. The fraction of sp³-hybridized carbons (Fsp3) is 0.647. The number of hydrogen-bond donors (Lipinski definition) is 1. The smallest absolute Gasteiger partial charge is 0.0490 e. The molecule has 102 valence electrons. The van der Waals surface area contributed by atoms with Gasteiger partial charge in [0.15, 0.2) is 0 Å². The predicted octanol–water partition coefficient (Wildman–Crippen LogP) is 4.18. The molecule has 1 atom stereocenters. The zero-order valence-corrected chi connectivity index (χ0v) is 12.7. The van der Waals surface area contributed by atoms with E-state index in [0.717, 1.165) is 6.42 Å². The minimum absolute atomic E-state index is 0.0246. The van der Waals surface area contributed by atoms with Gasteiger partial charge in [-0.2, -0.15) is 0 Å². The van der Waals surface area contributed by atoms with Gasteiger partial charge in [-0.05, 0) is 34.3 Å². The van der Waals surface area contributed by atoms with Gasteiger partial charge in [0.05, 0.1) is 0 Å². The molecule has 0 saturated heterocycles. The van der Waals surface area contributed by atoms with Crippen LogP contribution in [0.15, 0.2) is 24.3 Å². The lowest BCUT2D eigenvalue weighted by Gasteiger charge is -2.32. The molecule has 1 heteroatoms. The maximum atomic E-state index is 9.60. The molecular formula is C17H28O. The highest BCUT2D eigenvalue weighted by atomic mass is 16.3. The van der Waals surface area contributed by atoms with Crippen molar-refractivity contribution >= 4 is 0 Å². The van der Waals surface area contributed by atoms with Gasteiger partial charge in [0.1, 0.15) is 0 Å². The Bertz CT molecular complexity index is 370. The Hall–Kier alpha value is -0.820. The molecule has 0 aliphatic carbocycles. The van der Waals surface area contributed by atoms with Crippen molar-refractivity contribution in [3.8, 4) is 0 Å². The van der Waals surface area contributed by atoms with Crippen LogP contribution in [0.25, 0.3) is 0 Å². The lowest BCUT2D eigenvalue weighted by atomic mass is 9.75. The Balaban J connectivity index is 2.87. The second kappa shape index (κ2) is 5.44. The summed E-state index contributed by atoms with van der Waals surface area (Å²) >= 11 is 0. The molecule has 0 aliphatic heterocycles. The van der Waals surface area contributed by atoms with Crippen LogP contribution in [0.4, 0.5) is 0 Å². The van der Waals surface area contributed by atoms with Crippen molar-refractivity contribution in [1.29, 1.82) is 0 Å². The summed E-state index contributed by atoms with van der Waals surface area (Å²) < 4.78 is 0. The third kappa shape index (κ3) is 3.58. The lowest BCUT2D eigenvalue weighted by molar-refractivity contribution is 0.0947. The first-order valence-corrected chi connectivity index (χ1v) is 6.89. The highest BCUT2D eigenvalue weighted by Crippen LogP contribution is 2.31. The van der Waals surface area contributed by atoms with Crippen LogP contribution in [-0.2, 0) is 11.8 Å². The molecule has 1 aromatic carbocycles. The quantitative estimate of drug-likeness (QED) is 0.847. The lowest BCUT2D eigenvalue weighted by Crippen LogP contribution is -2.30. The first kappa shape index (κ1) is 15.2. The van der Waals surface area contributed by atoms with Gasteiger partial charge in [0.2, 0.25) is 0 Å². The predicted molar refractivity (Wildman–Crippen MR) is 78.9 cm³/mol. The minimum atomic E-state index is -0.0246. The van der Waals surface area contributed by atoms with Crippen LogP contribution in [-0.4, -0.2) is 11.7 Å². The van der Waals surface area contributed by atoms with Crippen LogP contribution in [0.5, 0.6) is 0 Å². The highest BCUT2D eigenvalue weighted by Gasteiger charge is 2.27. The van der Waals surface area contributed by atoms with Crippen molar-refractivity contribution in [3.05, 3.63) is 35.4 Å². The van der Waals surface area contributed by atoms with E-state index in [0.29, 0.717) is 5.92 Å². The van der Waals surface area contributed by atoms with Crippen molar-refractivity contribution in [2.24, 2.45) is 11.3 Å². The largest absolute Gasteiger partial charge is 0.396 e. The van der Waals surface area contributed by atoms with Gasteiger partial charge in [-0.3, -0.25) is 0 Å². The van der Waals surface area contributed by atoms with E-state index >= 15 is 0 Å². The maximum Gasteiger partial charge on any atom is 0.0490 e. The first-order chi connectivity index (χ1) is 8.19. The third-order valence-corrected chi connectivity index (χ3v) is 4.18. The third-order valence-electron chi connectivity index (χ3n) is 4.18. The molecular weight excluding hydrogens is 220 g/mol. The van der Waals surface area contributed by atoms with Gasteiger partial charge in [-0.1, -0.05) is 65.8 Å². The SMILES string of the molecule is CC(C)C(C)(CO)Cc1ccc(C(C)(C)C)cc1. The molecule has 18 heavy (non-hydrogen) atoms. The molecule has 1 aromatic rings. The Labute approximate surface area is 112 Å². The van der Waals surface area contributed by atoms with Gasteiger partial charge in [0.25, 0.3) is 0 Å². The van der Waals surface area contributed by atoms with Gasteiger partial charge >= 0.3 is 0 Å². The van der Waals surface area contributed by atoms with E-state index in [-0.39, 0.29) is 17.4 Å². The summed E-state index contributed by atoms with van der Waals surface area (Å²) in [6.07, 6.45) is 0.936. The summed E-state index contributed by atoms with van der Waals surface area (Å²) in [5.74, 6) is 0.477. The Kier molecular flexibility index (Phi) is 4.61. The van der Waals surface area contributed by atoms with E-state index in [9.17, 15) is 5.11 Å². The van der Waals surface area contributed by atoms with E-state index in [1.165, 1.54) is 11.1 Å². The molecule has 0 saturated carbocycles. The van der Waals surface area contributed by atoms with Crippen LogP contribution in [0.2, 0.25) is 0 Å². The average molecular weight is 248 g/mol. The van der Waals surface area contributed by atoms with E-state index in [1.807, 2.05) is 0 Å². The second-order valence-electron chi connectivity index (χ2n) is 7.09. The summed E-state index contributed by atoms with van der Waals surface area (Å²) in [6.45, 7) is 13.5. The Morgan fingerprint density at radius 3 is 1.83 bits per heavy atom. The second-order valence-corrected chi connectivity index (χ2v) is 7.09. The molecule has 1 rings (SSSR count). The highest BCUT2D eigenvalue weighted by molar-refractivity contribution is 5.28. The van der Waals surface area contributed by atoms with E-state index in [2.05, 4.69) is 65.8 Å². The van der Waals surface area contributed by atoms with Crippen molar-refractivity contribution in [3.63, 3.8) is 0 Å². The molecule has 1 N–H and O–H groups in total. The monoisotopic (exact) mass is 248 g/mol. The van der Waals surface area contributed by atoms with Crippen molar-refractivity contribution < 1.29 is 5.11 Å². The number of aliphatic hydroxyl groups is 1. The van der Waals surface area contributed by atoms with Crippen LogP contribution in [0.3, 0.4) is 0 Å². The zero-order chi connectivity index (χ0) is 14.0.